The fourth-order valence-corrected chi connectivity index (χ4v) is 3.26. The van der Waals surface area contributed by atoms with E-state index in [0.717, 1.165) is 29.3 Å². The molecule has 1 aliphatic rings. The van der Waals surface area contributed by atoms with Gasteiger partial charge in [0.15, 0.2) is 5.16 Å². The average molecular weight is 304 g/mol. The number of thioether (sulfide) groups is 1. The predicted octanol–water partition coefficient (Wildman–Crippen LogP) is 1.87. The minimum absolute atomic E-state index is 0.0691. The molecule has 0 spiro atoms. The summed E-state index contributed by atoms with van der Waals surface area (Å²) in [7, 11) is 0. The number of nitrogens with one attached hydrogen (secondary N) is 2. The number of fused-ring (bicyclic) bond motifs is 1. The van der Waals surface area contributed by atoms with Gasteiger partial charge in [-0.1, -0.05) is 23.9 Å². The van der Waals surface area contributed by atoms with Gasteiger partial charge in [-0.3, -0.25) is 4.79 Å². The zero-order valence-electron chi connectivity index (χ0n) is 12.0. The number of likely N-dealkylation sites (tertiary alicyclic amines) is 1. The number of aromatic amines is 1. The number of nitrogens with zero attached hydrogens (tertiary/aromatic N) is 2. The smallest absolute Gasteiger partial charge is 0.230 e. The third-order valence-electron chi connectivity index (χ3n) is 3.66. The Morgan fingerprint density at radius 1 is 1.33 bits per heavy atom. The van der Waals surface area contributed by atoms with Crippen LogP contribution in [0.15, 0.2) is 29.4 Å². The number of H-pyrrole nitrogens is 1. The number of carbonyl (C=O) groups is 1. The molecule has 1 saturated heterocycles. The van der Waals surface area contributed by atoms with E-state index >= 15 is 0 Å². The lowest BCUT2D eigenvalue weighted by atomic mass is 10.3. The van der Waals surface area contributed by atoms with Gasteiger partial charge in [-0.15, -0.1) is 0 Å². The quantitative estimate of drug-likeness (QED) is 0.800. The zero-order chi connectivity index (χ0) is 14.5. The number of rotatable bonds is 6. The molecule has 5 nitrogen and oxygen atoms in total. The molecule has 2 heterocycles. The first-order valence-electron chi connectivity index (χ1n) is 7.38. The maximum Gasteiger partial charge on any atom is 0.230 e. The first-order chi connectivity index (χ1) is 10.3. The minimum atomic E-state index is 0.0691. The summed E-state index contributed by atoms with van der Waals surface area (Å²) in [4.78, 5) is 21.9. The summed E-state index contributed by atoms with van der Waals surface area (Å²) in [6.45, 7) is 4.04. The molecule has 2 N–H and O–H groups in total. The first-order valence-corrected chi connectivity index (χ1v) is 8.36. The van der Waals surface area contributed by atoms with Crippen LogP contribution in [0.1, 0.15) is 12.8 Å². The van der Waals surface area contributed by atoms with Gasteiger partial charge in [0.2, 0.25) is 5.91 Å². The van der Waals surface area contributed by atoms with E-state index in [4.69, 9.17) is 0 Å². The van der Waals surface area contributed by atoms with Crippen molar-refractivity contribution in [1.29, 1.82) is 0 Å². The molecule has 0 bridgehead atoms. The first kappa shape index (κ1) is 14.4. The largest absolute Gasteiger partial charge is 0.354 e. The van der Waals surface area contributed by atoms with Crippen molar-refractivity contribution >= 4 is 28.7 Å². The number of aromatic nitrogens is 2. The van der Waals surface area contributed by atoms with Crippen molar-refractivity contribution in [3.63, 3.8) is 0 Å². The second-order valence-electron chi connectivity index (χ2n) is 5.25. The second kappa shape index (κ2) is 6.95. The summed E-state index contributed by atoms with van der Waals surface area (Å²) >= 11 is 1.44. The van der Waals surface area contributed by atoms with Crippen molar-refractivity contribution < 1.29 is 4.79 Å². The molecule has 112 valence electrons. The van der Waals surface area contributed by atoms with Gasteiger partial charge in [0, 0.05) is 13.1 Å². The number of hydrogen-bond acceptors (Lipinski definition) is 4. The maximum atomic E-state index is 11.8. The highest BCUT2D eigenvalue weighted by molar-refractivity contribution is 7.99. The van der Waals surface area contributed by atoms with Gasteiger partial charge >= 0.3 is 0 Å². The zero-order valence-corrected chi connectivity index (χ0v) is 12.8. The monoisotopic (exact) mass is 304 g/mol. The summed E-state index contributed by atoms with van der Waals surface area (Å²) in [5.41, 5.74) is 1.95. The lowest BCUT2D eigenvalue weighted by Gasteiger charge is -2.14. The van der Waals surface area contributed by atoms with Crippen LogP contribution < -0.4 is 5.32 Å². The van der Waals surface area contributed by atoms with Gasteiger partial charge in [0.05, 0.1) is 16.8 Å². The van der Waals surface area contributed by atoms with Crippen molar-refractivity contribution in [2.24, 2.45) is 0 Å². The summed E-state index contributed by atoms with van der Waals surface area (Å²) < 4.78 is 0. The van der Waals surface area contributed by atoms with Crippen LogP contribution in [0, 0.1) is 0 Å². The number of carbonyl (C=O) groups excluding carboxylic acids is 1. The van der Waals surface area contributed by atoms with Crippen molar-refractivity contribution in [3.8, 4) is 0 Å². The Kier molecular flexibility index (Phi) is 4.77. The van der Waals surface area contributed by atoms with Crippen LogP contribution in [0.25, 0.3) is 11.0 Å². The van der Waals surface area contributed by atoms with Gasteiger partial charge in [-0.05, 0) is 38.1 Å². The van der Waals surface area contributed by atoms with E-state index in [-0.39, 0.29) is 5.91 Å². The fraction of sp³-hybridized carbons (Fsp3) is 0.467. The molecule has 0 radical (unpaired) electrons. The average Bonchev–Trinajstić information content (AvgIpc) is 3.13. The Morgan fingerprint density at radius 3 is 2.95 bits per heavy atom. The number of para-hydroxylation sites is 2. The van der Waals surface area contributed by atoms with Gasteiger partial charge in [-0.2, -0.15) is 0 Å². The highest BCUT2D eigenvalue weighted by Gasteiger charge is 2.11. The minimum Gasteiger partial charge on any atom is -0.354 e. The Balaban J connectivity index is 1.40. The number of hydrogen-bond donors (Lipinski definition) is 2. The van der Waals surface area contributed by atoms with Crippen molar-refractivity contribution in [2.75, 3.05) is 31.9 Å². The fourth-order valence-electron chi connectivity index (χ4n) is 2.54. The van der Waals surface area contributed by atoms with Gasteiger partial charge in [0.25, 0.3) is 0 Å². The second-order valence-corrected chi connectivity index (χ2v) is 6.21. The summed E-state index contributed by atoms with van der Waals surface area (Å²) in [5.74, 6) is 0.472. The molecule has 0 atom stereocenters. The van der Waals surface area contributed by atoms with Crippen LogP contribution >= 0.6 is 11.8 Å². The van der Waals surface area contributed by atoms with Crippen LogP contribution in [-0.2, 0) is 4.79 Å². The molecular formula is C15H20N4OS. The molecule has 1 aromatic carbocycles. The van der Waals surface area contributed by atoms with E-state index in [2.05, 4.69) is 20.2 Å². The molecule has 0 aliphatic carbocycles. The van der Waals surface area contributed by atoms with Crippen LogP contribution in [0.5, 0.6) is 0 Å². The van der Waals surface area contributed by atoms with E-state index in [0.29, 0.717) is 5.75 Å². The molecule has 1 aliphatic heterocycles. The van der Waals surface area contributed by atoms with Crippen LogP contribution in [-0.4, -0.2) is 52.7 Å². The highest BCUT2D eigenvalue weighted by atomic mass is 32.2. The van der Waals surface area contributed by atoms with Crippen LogP contribution in [0.3, 0.4) is 0 Å². The topological polar surface area (TPSA) is 61.0 Å². The molecular weight excluding hydrogens is 284 g/mol. The van der Waals surface area contributed by atoms with E-state index in [1.165, 1.54) is 37.7 Å². The summed E-state index contributed by atoms with van der Waals surface area (Å²) in [5, 5.41) is 3.77. The lowest BCUT2D eigenvalue weighted by Crippen LogP contribution is -2.34. The molecule has 0 saturated carbocycles. The standard InChI is InChI=1S/C15H20N4OS/c20-14(16-7-10-19-8-3-4-9-19)11-21-15-17-12-5-1-2-6-13(12)18-15/h1-2,5-6H,3-4,7-11H2,(H,16,20)(H,17,18). The molecule has 3 rings (SSSR count). The van der Waals surface area contributed by atoms with Gasteiger partial charge in [-0.25, -0.2) is 4.98 Å². The number of benzene rings is 1. The Hall–Kier alpha value is -1.53. The molecule has 0 unspecified atom stereocenters. The third kappa shape index (κ3) is 3.98. The summed E-state index contributed by atoms with van der Waals surface area (Å²) in [6.07, 6.45) is 2.58. The highest BCUT2D eigenvalue weighted by Crippen LogP contribution is 2.18. The lowest BCUT2D eigenvalue weighted by molar-refractivity contribution is -0.118. The van der Waals surface area contributed by atoms with E-state index in [9.17, 15) is 4.79 Å². The van der Waals surface area contributed by atoms with Crippen LogP contribution in [0.4, 0.5) is 0 Å². The Bertz CT molecular complexity index is 573. The van der Waals surface area contributed by atoms with Gasteiger partial charge in [0.1, 0.15) is 0 Å². The summed E-state index contributed by atoms with van der Waals surface area (Å²) in [6, 6.07) is 7.89. The van der Waals surface area contributed by atoms with E-state index in [1.54, 1.807) is 0 Å². The molecule has 1 aromatic heterocycles. The van der Waals surface area contributed by atoms with E-state index < -0.39 is 0 Å². The SMILES string of the molecule is O=C(CSc1nc2ccccc2[nH]1)NCCN1CCCC1. The third-order valence-corrected chi connectivity index (χ3v) is 4.53. The molecule has 6 heteroatoms. The molecule has 2 aromatic rings. The Morgan fingerprint density at radius 2 is 2.14 bits per heavy atom. The number of amides is 1. The molecule has 1 amide bonds. The molecule has 1 fully saturated rings. The van der Waals surface area contributed by atoms with Crippen molar-refractivity contribution in [1.82, 2.24) is 20.2 Å². The maximum absolute atomic E-state index is 11.8. The van der Waals surface area contributed by atoms with Crippen molar-refractivity contribution in [2.45, 2.75) is 18.0 Å². The predicted molar refractivity (Wildman–Crippen MR) is 85.5 cm³/mol. The van der Waals surface area contributed by atoms with Crippen molar-refractivity contribution in [3.05, 3.63) is 24.3 Å². The van der Waals surface area contributed by atoms with Gasteiger partial charge < -0.3 is 15.2 Å². The molecule has 21 heavy (non-hydrogen) atoms. The number of imidazole rings is 1. The Labute approximate surface area is 128 Å². The van der Waals surface area contributed by atoms with Crippen LogP contribution in [0.2, 0.25) is 0 Å². The van der Waals surface area contributed by atoms with E-state index in [1.807, 2.05) is 24.3 Å². The normalized spacial score (nSPS) is 15.6.